The minimum absolute atomic E-state index is 0.379. The van der Waals surface area contributed by atoms with E-state index in [1.165, 1.54) is 25.9 Å². The van der Waals surface area contributed by atoms with Crippen LogP contribution >= 0.6 is 0 Å². The molecule has 2 rings (SSSR count). The molecule has 14 heavy (non-hydrogen) atoms. The molecule has 0 aromatic carbocycles. The van der Waals surface area contributed by atoms with Gasteiger partial charge in [-0.3, -0.25) is 4.79 Å². The normalized spacial score (nSPS) is 26.1. The smallest absolute Gasteiger partial charge is 0.222 e. The van der Waals surface area contributed by atoms with Crippen molar-refractivity contribution in [3.8, 4) is 0 Å². The number of piperidine rings is 1. The third kappa shape index (κ3) is 2.27. The number of carbonyl (C=O) groups is 1. The Morgan fingerprint density at radius 2 is 2.00 bits per heavy atom. The number of hydrogen-bond acceptors (Lipinski definition) is 2. The van der Waals surface area contributed by atoms with Crippen molar-refractivity contribution in [2.24, 2.45) is 5.92 Å². The fraction of sp³-hybridized carbons (Fsp3) is 0.909. The molecule has 0 aliphatic carbocycles. The van der Waals surface area contributed by atoms with E-state index in [9.17, 15) is 4.79 Å². The zero-order chi connectivity index (χ0) is 9.97. The van der Waals surface area contributed by atoms with Crippen LogP contribution < -0.4 is 0 Å². The van der Waals surface area contributed by atoms with Crippen molar-refractivity contribution in [3.63, 3.8) is 0 Å². The quantitative estimate of drug-likeness (QED) is 0.656. The molecule has 0 bridgehead atoms. The number of nitrogens with zero attached hydrogens (tertiary/aromatic N) is 2. The Kier molecular flexibility index (Phi) is 3.06. The van der Waals surface area contributed by atoms with E-state index >= 15 is 0 Å². The van der Waals surface area contributed by atoms with Gasteiger partial charge in [-0.25, -0.2) is 0 Å². The Morgan fingerprint density at radius 1 is 1.29 bits per heavy atom. The Hall–Kier alpha value is -0.570. The monoisotopic (exact) mass is 196 g/mol. The van der Waals surface area contributed by atoms with Crippen LogP contribution in [0.5, 0.6) is 0 Å². The maximum atomic E-state index is 11.4. The summed E-state index contributed by atoms with van der Waals surface area (Å²) in [5, 5.41) is 0. The van der Waals surface area contributed by atoms with Crippen molar-refractivity contribution >= 4 is 5.91 Å². The molecule has 2 fully saturated rings. The third-order valence-corrected chi connectivity index (χ3v) is 3.49. The first-order chi connectivity index (χ1) is 6.75. The highest BCUT2D eigenvalue weighted by molar-refractivity contribution is 5.78. The van der Waals surface area contributed by atoms with E-state index in [0.717, 1.165) is 31.8 Å². The van der Waals surface area contributed by atoms with Gasteiger partial charge in [0.1, 0.15) is 0 Å². The Bertz CT molecular complexity index is 209. The fourth-order valence-corrected chi connectivity index (χ4v) is 2.45. The number of rotatable bonds is 2. The predicted octanol–water partition coefficient (Wildman–Crippen LogP) is 0.951. The van der Waals surface area contributed by atoms with Crippen LogP contribution in [0.25, 0.3) is 0 Å². The highest BCUT2D eigenvalue weighted by Crippen LogP contribution is 2.20. The molecule has 2 aliphatic heterocycles. The summed E-state index contributed by atoms with van der Waals surface area (Å²) in [6.07, 6.45) is 4.39. The van der Waals surface area contributed by atoms with Crippen LogP contribution in [0, 0.1) is 5.92 Å². The number of hydrogen-bond donors (Lipinski definition) is 0. The molecule has 0 aromatic rings. The molecule has 3 nitrogen and oxygen atoms in total. The predicted molar refractivity (Wildman–Crippen MR) is 56.0 cm³/mol. The molecule has 0 unspecified atom stereocenters. The van der Waals surface area contributed by atoms with Crippen molar-refractivity contribution in [1.82, 2.24) is 9.80 Å². The van der Waals surface area contributed by atoms with Crippen molar-refractivity contribution < 1.29 is 4.79 Å². The Morgan fingerprint density at radius 3 is 2.57 bits per heavy atom. The summed E-state index contributed by atoms with van der Waals surface area (Å²) in [5.41, 5.74) is 0. The van der Waals surface area contributed by atoms with Crippen molar-refractivity contribution in [3.05, 3.63) is 0 Å². The van der Waals surface area contributed by atoms with Gasteiger partial charge in [-0.15, -0.1) is 0 Å². The highest BCUT2D eigenvalue weighted by atomic mass is 16.2. The van der Waals surface area contributed by atoms with Crippen molar-refractivity contribution in [1.29, 1.82) is 0 Å². The van der Waals surface area contributed by atoms with E-state index in [1.54, 1.807) is 0 Å². The largest absolute Gasteiger partial charge is 0.342 e. The molecule has 0 saturated carbocycles. The van der Waals surface area contributed by atoms with Gasteiger partial charge in [0.15, 0.2) is 0 Å². The van der Waals surface area contributed by atoms with Gasteiger partial charge in [0.2, 0.25) is 5.91 Å². The van der Waals surface area contributed by atoms with Gasteiger partial charge in [0.25, 0.3) is 0 Å². The van der Waals surface area contributed by atoms with E-state index in [1.807, 2.05) is 0 Å². The molecule has 0 atom stereocenters. The van der Waals surface area contributed by atoms with Gasteiger partial charge >= 0.3 is 0 Å². The molecule has 0 radical (unpaired) electrons. The van der Waals surface area contributed by atoms with E-state index in [2.05, 4.69) is 16.8 Å². The molecule has 3 heteroatoms. The lowest BCUT2D eigenvalue weighted by Crippen LogP contribution is -2.37. The third-order valence-electron chi connectivity index (χ3n) is 3.49. The standard InChI is InChI=1S/C11H20N2O/c1-12-7-4-10(5-8-12)9-13-6-2-3-11(13)14/h10H,2-9H2,1H3. The summed E-state index contributed by atoms with van der Waals surface area (Å²) in [6.45, 7) is 4.43. The lowest BCUT2D eigenvalue weighted by molar-refractivity contribution is -0.128. The fourth-order valence-electron chi connectivity index (χ4n) is 2.45. The molecule has 2 saturated heterocycles. The Labute approximate surface area is 86.1 Å². The zero-order valence-electron chi connectivity index (χ0n) is 9.04. The van der Waals surface area contributed by atoms with Crippen LogP contribution in [0.2, 0.25) is 0 Å². The van der Waals surface area contributed by atoms with Crippen LogP contribution in [-0.2, 0) is 4.79 Å². The second-order valence-corrected chi connectivity index (χ2v) is 4.69. The second kappa shape index (κ2) is 4.30. The van der Waals surface area contributed by atoms with E-state index in [4.69, 9.17) is 0 Å². The van der Waals surface area contributed by atoms with Gasteiger partial charge in [0.05, 0.1) is 0 Å². The van der Waals surface area contributed by atoms with Crippen LogP contribution in [-0.4, -0.2) is 48.9 Å². The van der Waals surface area contributed by atoms with Gasteiger partial charge in [0, 0.05) is 19.5 Å². The lowest BCUT2D eigenvalue weighted by atomic mass is 9.97. The first kappa shape index (κ1) is 9.97. The van der Waals surface area contributed by atoms with Crippen LogP contribution in [0.3, 0.4) is 0 Å². The van der Waals surface area contributed by atoms with Crippen LogP contribution in [0.4, 0.5) is 0 Å². The summed E-state index contributed by atoms with van der Waals surface area (Å²) < 4.78 is 0. The Balaban J connectivity index is 1.77. The maximum absolute atomic E-state index is 11.4. The lowest BCUT2D eigenvalue weighted by Gasteiger charge is -2.31. The SMILES string of the molecule is CN1CCC(CN2CCCC2=O)CC1. The molecular weight excluding hydrogens is 176 g/mol. The first-order valence-electron chi connectivity index (χ1n) is 5.72. The second-order valence-electron chi connectivity index (χ2n) is 4.69. The summed E-state index contributed by atoms with van der Waals surface area (Å²) >= 11 is 0. The van der Waals surface area contributed by atoms with E-state index in [0.29, 0.717) is 5.91 Å². The maximum Gasteiger partial charge on any atom is 0.222 e. The summed E-state index contributed by atoms with van der Waals surface area (Å²) in [5.74, 6) is 1.14. The van der Waals surface area contributed by atoms with Crippen molar-refractivity contribution in [2.45, 2.75) is 25.7 Å². The van der Waals surface area contributed by atoms with Gasteiger partial charge in [-0.1, -0.05) is 0 Å². The molecule has 2 aliphatic rings. The molecular formula is C11H20N2O. The van der Waals surface area contributed by atoms with Gasteiger partial charge < -0.3 is 9.80 Å². The average molecular weight is 196 g/mol. The number of amides is 1. The van der Waals surface area contributed by atoms with E-state index < -0.39 is 0 Å². The minimum Gasteiger partial charge on any atom is -0.342 e. The van der Waals surface area contributed by atoms with Gasteiger partial charge in [-0.05, 0) is 45.3 Å². The first-order valence-corrected chi connectivity index (χ1v) is 5.72. The summed E-state index contributed by atoms with van der Waals surface area (Å²) in [6, 6.07) is 0. The molecule has 0 aromatic heterocycles. The zero-order valence-corrected chi connectivity index (χ0v) is 9.04. The summed E-state index contributed by atoms with van der Waals surface area (Å²) in [4.78, 5) is 15.9. The van der Waals surface area contributed by atoms with Crippen molar-refractivity contribution in [2.75, 3.05) is 33.2 Å². The molecule has 2 heterocycles. The molecule has 1 amide bonds. The van der Waals surface area contributed by atoms with Crippen LogP contribution in [0.15, 0.2) is 0 Å². The number of carbonyl (C=O) groups excluding carboxylic acids is 1. The summed E-state index contributed by atoms with van der Waals surface area (Å²) in [7, 11) is 2.18. The minimum atomic E-state index is 0.379. The number of likely N-dealkylation sites (tertiary alicyclic amines) is 2. The van der Waals surface area contributed by atoms with Crippen LogP contribution in [0.1, 0.15) is 25.7 Å². The average Bonchev–Trinajstić information content (AvgIpc) is 2.56. The molecule has 0 spiro atoms. The van der Waals surface area contributed by atoms with Gasteiger partial charge in [-0.2, -0.15) is 0 Å². The highest BCUT2D eigenvalue weighted by Gasteiger charge is 2.25. The topological polar surface area (TPSA) is 23.6 Å². The van der Waals surface area contributed by atoms with E-state index in [-0.39, 0.29) is 0 Å². The molecule has 0 N–H and O–H groups in total. The molecule has 80 valence electrons.